The fraction of sp³-hybridized carbons (Fsp3) is 0.143. The highest BCUT2D eigenvalue weighted by atomic mass is 32.2. The number of nitrogen functional groups attached to an aromatic ring is 1. The zero-order valence-corrected chi connectivity index (χ0v) is 12.2. The van der Waals surface area contributed by atoms with Gasteiger partial charge in [-0.2, -0.15) is 0 Å². The van der Waals surface area contributed by atoms with Crippen molar-refractivity contribution in [3.63, 3.8) is 0 Å². The van der Waals surface area contributed by atoms with Crippen molar-refractivity contribution >= 4 is 15.7 Å². The number of halogens is 1. The Morgan fingerprint density at radius 1 is 1.24 bits per heavy atom. The number of rotatable bonds is 5. The van der Waals surface area contributed by atoms with E-state index in [1.807, 2.05) is 0 Å². The van der Waals surface area contributed by atoms with E-state index in [-0.39, 0.29) is 12.2 Å². The molecule has 5 nitrogen and oxygen atoms in total. The van der Waals surface area contributed by atoms with Crippen LogP contribution in [0.4, 0.5) is 10.1 Å². The molecule has 0 unspecified atom stereocenters. The number of ether oxygens (including phenoxy) is 1. The molecule has 2 aromatic carbocycles. The first-order valence-corrected chi connectivity index (χ1v) is 7.58. The summed E-state index contributed by atoms with van der Waals surface area (Å²) in [5.74, 6) is -0.232. The topological polar surface area (TPSA) is 81.4 Å². The molecule has 0 aliphatic carbocycles. The highest BCUT2D eigenvalue weighted by Crippen LogP contribution is 2.18. The summed E-state index contributed by atoms with van der Waals surface area (Å²) >= 11 is 0. The van der Waals surface area contributed by atoms with Gasteiger partial charge < -0.3 is 10.5 Å². The number of nitrogens with one attached hydrogen (secondary N) is 1. The van der Waals surface area contributed by atoms with Gasteiger partial charge in [0.2, 0.25) is 10.0 Å². The first kappa shape index (κ1) is 15.3. The van der Waals surface area contributed by atoms with E-state index < -0.39 is 20.7 Å². The van der Waals surface area contributed by atoms with Gasteiger partial charge in [0.25, 0.3) is 0 Å². The zero-order valence-electron chi connectivity index (χ0n) is 11.3. The summed E-state index contributed by atoms with van der Waals surface area (Å²) in [6.45, 7) is 0.0216. The molecule has 7 heteroatoms. The lowest BCUT2D eigenvalue weighted by atomic mass is 10.2. The Morgan fingerprint density at radius 2 is 2.00 bits per heavy atom. The molecule has 0 spiro atoms. The summed E-state index contributed by atoms with van der Waals surface area (Å²) in [6.07, 6.45) is 0. The molecule has 0 amide bonds. The molecule has 112 valence electrons. The molecule has 0 aliphatic heterocycles. The second-order valence-corrected chi connectivity index (χ2v) is 6.10. The van der Waals surface area contributed by atoms with Crippen molar-refractivity contribution in [2.45, 2.75) is 11.4 Å². The number of methoxy groups -OCH3 is 1. The van der Waals surface area contributed by atoms with Crippen LogP contribution in [-0.4, -0.2) is 15.5 Å². The monoisotopic (exact) mass is 310 g/mol. The van der Waals surface area contributed by atoms with Crippen LogP contribution in [0, 0.1) is 5.82 Å². The van der Waals surface area contributed by atoms with Crippen LogP contribution in [-0.2, 0) is 16.6 Å². The minimum Gasteiger partial charge on any atom is -0.497 e. The summed E-state index contributed by atoms with van der Waals surface area (Å²) in [5, 5.41) is 0. The van der Waals surface area contributed by atoms with Gasteiger partial charge in [-0.25, -0.2) is 17.5 Å². The van der Waals surface area contributed by atoms with Crippen molar-refractivity contribution in [1.82, 2.24) is 4.72 Å². The third-order valence-corrected chi connectivity index (χ3v) is 4.26. The van der Waals surface area contributed by atoms with E-state index in [0.29, 0.717) is 11.3 Å². The standard InChI is InChI=1S/C14H15FN2O3S/c1-20-12-4-2-3-10(7-12)9-17-21(18,19)14-8-11(16)5-6-13(14)15/h2-8,17H,9,16H2,1H3. The van der Waals surface area contributed by atoms with Crippen LogP contribution in [0.1, 0.15) is 5.56 Å². The van der Waals surface area contributed by atoms with Crippen LogP contribution in [0.5, 0.6) is 5.75 Å². The number of hydrogen-bond donors (Lipinski definition) is 2. The lowest BCUT2D eigenvalue weighted by Gasteiger charge is -2.09. The van der Waals surface area contributed by atoms with Crippen molar-refractivity contribution in [3.05, 3.63) is 53.8 Å². The Morgan fingerprint density at radius 3 is 2.71 bits per heavy atom. The van der Waals surface area contributed by atoms with E-state index in [9.17, 15) is 12.8 Å². The van der Waals surface area contributed by atoms with Crippen molar-refractivity contribution in [2.75, 3.05) is 12.8 Å². The Balaban J connectivity index is 2.19. The van der Waals surface area contributed by atoms with Crippen LogP contribution in [0.15, 0.2) is 47.4 Å². The third kappa shape index (κ3) is 3.71. The summed E-state index contributed by atoms with van der Waals surface area (Å²) in [6, 6.07) is 10.3. The lowest BCUT2D eigenvalue weighted by molar-refractivity contribution is 0.414. The van der Waals surface area contributed by atoms with Crippen LogP contribution < -0.4 is 15.2 Å². The summed E-state index contributed by atoms with van der Waals surface area (Å²) in [4.78, 5) is -0.467. The van der Waals surface area contributed by atoms with Gasteiger partial charge in [-0.05, 0) is 35.9 Å². The maximum Gasteiger partial charge on any atom is 0.243 e. The number of hydrogen-bond acceptors (Lipinski definition) is 4. The molecular weight excluding hydrogens is 295 g/mol. The molecule has 2 rings (SSSR count). The van der Waals surface area contributed by atoms with Gasteiger partial charge in [-0.3, -0.25) is 0 Å². The molecule has 0 heterocycles. The van der Waals surface area contributed by atoms with Crippen molar-refractivity contribution in [3.8, 4) is 5.75 Å². The predicted octanol–water partition coefficient (Wildman–Crippen LogP) is 1.90. The Labute approximate surface area is 122 Å². The largest absolute Gasteiger partial charge is 0.497 e. The SMILES string of the molecule is COc1cccc(CNS(=O)(=O)c2cc(N)ccc2F)c1. The molecule has 0 aromatic heterocycles. The summed E-state index contributed by atoms with van der Waals surface area (Å²) < 4.78 is 45.2. The van der Waals surface area contributed by atoms with Crippen LogP contribution in [0.3, 0.4) is 0 Å². The quantitative estimate of drug-likeness (QED) is 0.826. The smallest absolute Gasteiger partial charge is 0.243 e. The van der Waals surface area contributed by atoms with E-state index in [2.05, 4.69) is 4.72 Å². The maximum atomic E-state index is 13.6. The Hall–Kier alpha value is -2.12. The second kappa shape index (κ2) is 6.11. The first-order chi connectivity index (χ1) is 9.92. The minimum absolute atomic E-state index is 0.0216. The molecule has 0 aliphatic rings. The summed E-state index contributed by atoms with van der Waals surface area (Å²) in [5.41, 5.74) is 6.37. The second-order valence-electron chi connectivity index (χ2n) is 4.37. The molecule has 0 atom stereocenters. The van der Waals surface area contributed by atoms with Crippen LogP contribution in [0.2, 0.25) is 0 Å². The fourth-order valence-electron chi connectivity index (χ4n) is 1.76. The minimum atomic E-state index is -3.98. The van der Waals surface area contributed by atoms with E-state index >= 15 is 0 Å². The van der Waals surface area contributed by atoms with Gasteiger partial charge in [0, 0.05) is 12.2 Å². The molecule has 0 bridgehead atoms. The average molecular weight is 310 g/mol. The average Bonchev–Trinajstić information content (AvgIpc) is 2.48. The Kier molecular flexibility index (Phi) is 4.44. The molecular formula is C14H15FN2O3S. The number of sulfonamides is 1. The highest BCUT2D eigenvalue weighted by Gasteiger charge is 2.19. The van der Waals surface area contributed by atoms with Gasteiger partial charge in [0.15, 0.2) is 0 Å². The molecule has 0 radical (unpaired) electrons. The number of benzene rings is 2. The van der Waals surface area contributed by atoms with Gasteiger partial charge in [-0.1, -0.05) is 12.1 Å². The van der Waals surface area contributed by atoms with Gasteiger partial charge in [-0.15, -0.1) is 0 Å². The zero-order chi connectivity index (χ0) is 15.5. The van der Waals surface area contributed by atoms with E-state index in [0.717, 1.165) is 12.1 Å². The lowest BCUT2D eigenvalue weighted by Crippen LogP contribution is -2.24. The van der Waals surface area contributed by atoms with Gasteiger partial charge in [0.05, 0.1) is 7.11 Å². The van der Waals surface area contributed by atoms with E-state index in [1.165, 1.54) is 13.2 Å². The normalized spacial score (nSPS) is 11.3. The number of nitrogens with two attached hydrogens (primary N) is 1. The van der Waals surface area contributed by atoms with Crippen molar-refractivity contribution in [2.24, 2.45) is 0 Å². The highest BCUT2D eigenvalue weighted by molar-refractivity contribution is 7.89. The molecule has 2 aromatic rings. The van der Waals surface area contributed by atoms with Crippen molar-refractivity contribution < 1.29 is 17.5 Å². The molecule has 21 heavy (non-hydrogen) atoms. The summed E-state index contributed by atoms with van der Waals surface area (Å²) in [7, 11) is -2.46. The van der Waals surface area contributed by atoms with Gasteiger partial charge in [0.1, 0.15) is 16.5 Å². The first-order valence-electron chi connectivity index (χ1n) is 6.10. The number of anilines is 1. The maximum absolute atomic E-state index is 13.6. The Bertz CT molecular complexity index is 748. The van der Waals surface area contributed by atoms with Crippen molar-refractivity contribution in [1.29, 1.82) is 0 Å². The fourth-order valence-corrected chi connectivity index (χ4v) is 2.89. The molecule has 3 N–H and O–H groups in total. The van der Waals surface area contributed by atoms with E-state index in [1.54, 1.807) is 24.3 Å². The molecule has 0 saturated heterocycles. The van der Waals surface area contributed by atoms with Crippen LogP contribution >= 0.6 is 0 Å². The van der Waals surface area contributed by atoms with Gasteiger partial charge >= 0.3 is 0 Å². The van der Waals surface area contributed by atoms with E-state index in [4.69, 9.17) is 10.5 Å². The third-order valence-electron chi connectivity index (χ3n) is 2.85. The molecule has 0 saturated carbocycles. The molecule has 0 fully saturated rings. The predicted molar refractivity (Wildman–Crippen MR) is 77.8 cm³/mol. The van der Waals surface area contributed by atoms with Crippen LogP contribution in [0.25, 0.3) is 0 Å².